The first-order valence-electron chi connectivity index (χ1n) is 5.77. The lowest BCUT2D eigenvalue weighted by molar-refractivity contribution is -0.136. The van der Waals surface area contributed by atoms with Gasteiger partial charge in [-0.2, -0.15) is 11.3 Å². The molecule has 0 bridgehead atoms. The Balaban J connectivity index is 2.21. The molecule has 1 N–H and O–H groups in total. The minimum absolute atomic E-state index is 0.230. The highest BCUT2D eigenvalue weighted by molar-refractivity contribution is 7.07. The zero-order valence-electron chi connectivity index (χ0n) is 10.4. The van der Waals surface area contributed by atoms with E-state index in [0.717, 1.165) is 18.5 Å². The number of thiophene rings is 1. The van der Waals surface area contributed by atoms with Crippen LogP contribution >= 0.6 is 11.3 Å². The molecule has 0 aliphatic rings. The van der Waals surface area contributed by atoms with Gasteiger partial charge in [-0.3, -0.25) is 0 Å². The van der Waals surface area contributed by atoms with Crippen LogP contribution in [-0.2, 0) is 16.0 Å². The van der Waals surface area contributed by atoms with Gasteiger partial charge in [-0.25, -0.2) is 4.79 Å². The molecule has 3 nitrogen and oxygen atoms in total. The molecule has 0 atom stereocenters. The van der Waals surface area contributed by atoms with Crippen LogP contribution in [0.4, 0.5) is 0 Å². The van der Waals surface area contributed by atoms with Crippen molar-refractivity contribution >= 4 is 17.3 Å². The first-order valence-corrected chi connectivity index (χ1v) is 6.71. The average Bonchev–Trinajstić information content (AvgIpc) is 2.86. The highest BCUT2D eigenvalue weighted by atomic mass is 32.1. The number of carbonyl (C=O) groups excluding carboxylic acids is 1. The third kappa shape index (κ3) is 5.15. The Kier molecular flexibility index (Phi) is 6.58. The zero-order valence-corrected chi connectivity index (χ0v) is 11.2. The van der Waals surface area contributed by atoms with E-state index < -0.39 is 0 Å². The number of ether oxygens (including phenoxy) is 1. The third-order valence-corrected chi connectivity index (χ3v) is 3.22. The van der Waals surface area contributed by atoms with E-state index in [4.69, 9.17) is 0 Å². The van der Waals surface area contributed by atoms with E-state index in [9.17, 15) is 4.79 Å². The second kappa shape index (κ2) is 8.03. The minimum atomic E-state index is -0.230. The molecule has 1 rings (SSSR count). The molecule has 0 amide bonds. The van der Waals surface area contributed by atoms with Gasteiger partial charge in [-0.05, 0) is 41.8 Å². The number of hydrogen-bond donors (Lipinski definition) is 1. The number of nitrogens with one attached hydrogen (secondary N) is 1. The van der Waals surface area contributed by atoms with Crippen LogP contribution in [0.15, 0.2) is 28.5 Å². The predicted octanol–water partition coefficient (Wildman–Crippen LogP) is 2.39. The molecular formula is C13H19NO2S. The van der Waals surface area contributed by atoms with Crippen molar-refractivity contribution < 1.29 is 9.53 Å². The van der Waals surface area contributed by atoms with Crippen LogP contribution in [0.25, 0.3) is 0 Å². The van der Waals surface area contributed by atoms with Crippen molar-refractivity contribution in [2.24, 2.45) is 0 Å². The molecule has 94 valence electrons. The second-order valence-electron chi connectivity index (χ2n) is 3.66. The average molecular weight is 253 g/mol. The highest BCUT2D eigenvalue weighted by Gasteiger charge is 2.05. The summed E-state index contributed by atoms with van der Waals surface area (Å²) in [5.41, 5.74) is 2.09. The van der Waals surface area contributed by atoms with Crippen molar-refractivity contribution in [1.82, 2.24) is 5.32 Å². The van der Waals surface area contributed by atoms with Crippen LogP contribution in [0.3, 0.4) is 0 Å². The Labute approximate surface area is 106 Å². The van der Waals surface area contributed by atoms with E-state index in [1.807, 2.05) is 13.0 Å². The Morgan fingerprint density at radius 3 is 3.00 bits per heavy atom. The van der Waals surface area contributed by atoms with Crippen molar-refractivity contribution in [2.75, 3.05) is 20.2 Å². The normalized spacial score (nSPS) is 11.5. The van der Waals surface area contributed by atoms with Gasteiger partial charge in [0.25, 0.3) is 0 Å². The van der Waals surface area contributed by atoms with Crippen LogP contribution < -0.4 is 5.32 Å². The van der Waals surface area contributed by atoms with E-state index in [1.54, 1.807) is 11.3 Å². The van der Waals surface area contributed by atoms with Gasteiger partial charge in [0.2, 0.25) is 0 Å². The minimum Gasteiger partial charge on any atom is -0.466 e. The van der Waals surface area contributed by atoms with Gasteiger partial charge in [0, 0.05) is 12.1 Å². The van der Waals surface area contributed by atoms with Crippen LogP contribution in [-0.4, -0.2) is 26.2 Å². The molecular weight excluding hydrogens is 234 g/mol. The van der Waals surface area contributed by atoms with Crippen LogP contribution in [0, 0.1) is 0 Å². The largest absolute Gasteiger partial charge is 0.466 e. The summed E-state index contributed by atoms with van der Waals surface area (Å²) in [4.78, 5) is 11.3. The van der Waals surface area contributed by atoms with Crippen molar-refractivity contribution in [3.63, 3.8) is 0 Å². The fourth-order valence-electron chi connectivity index (χ4n) is 1.47. The molecule has 0 unspecified atom stereocenters. The molecule has 0 saturated carbocycles. The number of hydrogen-bond acceptors (Lipinski definition) is 4. The van der Waals surface area contributed by atoms with E-state index in [2.05, 4.69) is 26.9 Å². The molecule has 0 aromatic carbocycles. The van der Waals surface area contributed by atoms with Crippen molar-refractivity contribution in [3.05, 3.63) is 34.0 Å². The Hall–Kier alpha value is -1.13. The fourth-order valence-corrected chi connectivity index (χ4v) is 2.17. The summed E-state index contributed by atoms with van der Waals surface area (Å²) in [6.45, 7) is 3.59. The quantitative estimate of drug-likeness (QED) is 0.460. The number of methoxy groups -OCH3 is 1. The monoisotopic (exact) mass is 253 g/mol. The third-order valence-electron chi connectivity index (χ3n) is 2.49. The molecule has 4 heteroatoms. The van der Waals surface area contributed by atoms with E-state index in [1.165, 1.54) is 12.7 Å². The smallest absolute Gasteiger partial charge is 0.333 e. The first-order chi connectivity index (χ1) is 8.27. The molecule has 1 heterocycles. The maximum atomic E-state index is 11.3. The lowest BCUT2D eigenvalue weighted by Gasteiger charge is -2.03. The van der Waals surface area contributed by atoms with E-state index in [0.29, 0.717) is 13.0 Å². The Morgan fingerprint density at radius 1 is 1.59 bits per heavy atom. The summed E-state index contributed by atoms with van der Waals surface area (Å²) in [5, 5.41) is 7.53. The lowest BCUT2D eigenvalue weighted by Crippen LogP contribution is -2.18. The first kappa shape index (κ1) is 13.9. The molecule has 0 spiro atoms. The maximum Gasteiger partial charge on any atom is 0.333 e. The molecule has 0 aliphatic heterocycles. The molecule has 1 aromatic rings. The van der Waals surface area contributed by atoms with Crippen LogP contribution in [0.5, 0.6) is 0 Å². The summed E-state index contributed by atoms with van der Waals surface area (Å²) < 4.78 is 4.69. The second-order valence-corrected chi connectivity index (χ2v) is 4.44. The fraction of sp³-hybridized carbons (Fsp3) is 0.462. The summed E-state index contributed by atoms with van der Waals surface area (Å²) in [7, 11) is 1.41. The molecule has 0 fully saturated rings. The predicted molar refractivity (Wildman–Crippen MR) is 71.3 cm³/mol. The van der Waals surface area contributed by atoms with Crippen molar-refractivity contribution in [3.8, 4) is 0 Å². The van der Waals surface area contributed by atoms with Crippen molar-refractivity contribution in [1.29, 1.82) is 0 Å². The van der Waals surface area contributed by atoms with Crippen molar-refractivity contribution in [2.45, 2.75) is 19.8 Å². The SMILES string of the molecule is CC/C(=C/CNCCc1ccsc1)C(=O)OC. The Bertz CT molecular complexity index is 358. The summed E-state index contributed by atoms with van der Waals surface area (Å²) in [6.07, 6.45) is 3.63. The van der Waals surface area contributed by atoms with Gasteiger partial charge in [0.1, 0.15) is 0 Å². The molecule has 0 aliphatic carbocycles. The van der Waals surface area contributed by atoms with Gasteiger partial charge >= 0.3 is 5.97 Å². The highest BCUT2D eigenvalue weighted by Crippen LogP contribution is 2.05. The van der Waals surface area contributed by atoms with Gasteiger partial charge < -0.3 is 10.1 Å². The van der Waals surface area contributed by atoms with Gasteiger partial charge in [-0.15, -0.1) is 0 Å². The maximum absolute atomic E-state index is 11.3. The Morgan fingerprint density at radius 2 is 2.41 bits per heavy atom. The van der Waals surface area contributed by atoms with E-state index in [-0.39, 0.29) is 5.97 Å². The van der Waals surface area contributed by atoms with Gasteiger partial charge in [0.05, 0.1) is 7.11 Å². The number of rotatable bonds is 7. The topological polar surface area (TPSA) is 38.3 Å². The molecule has 1 aromatic heterocycles. The summed E-state index contributed by atoms with van der Waals surface area (Å²) in [6, 6.07) is 2.13. The molecule has 0 saturated heterocycles. The molecule has 17 heavy (non-hydrogen) atoms. The van der Waals surface area contributed by atoms with Gasteiger partial charge in [0.15, 0.2) is 0 Å². The van der Waals surface area contributed by atoms with Gasteiger partial charge in [-0.1, -0.05) is 13.0 Å². The number of esters is 1. The standard InChI is InChI=1S/C13H19NO2S/c1-3-12(13(15)16-2)5-8-14-7-4-11-6-9-17-10-11/h5-6,9-10,14H,3-4,7-8H2,1-2H3/b12-5-. The van der Waals surface area contributed by atoms with Crippen LogP contribution in [0.2, 0.25) is 0 Å². The van der Waals surface area contributed by atoms with E-state index >= 15 is 0 Å². The zero-order chi connectivity index (χ0) is 12.5. The molecule has 0 radical (unpaired) electrons. The summed E-state index contributed by atoms with van der Waals surface area (Å²) >= 11 is 1.72. The summed E-state index contributed by atoms with van der Waals surface area (Å²) in [5.74, 6) is -0.230. The van der Waals surface area contributed by atoms with Crippen LogP contribution in [0.1, 0.15) is 18.9 Å². The lowest BCUT2D eigenvalue weighted by atomic mass is 10.2. The number of carbonyl (C=O) groups is 1.